The van der Waals surface area contributed by atoms with E-state index in [0.29, 0.717) is 23.5 Å². The van der Waals surface area contributed by atoms with Gasteiger partial charge >= 0.3 is 0 Å². The lowest BCUT2D eigenvalue weighted by atomic mass is 10.1. The van der Waals surface area contributed by atoms with Crippen molar-refractivity contribution in [3.8, 4) is 17.5 Å². The summed E-state index contributed by atoms with van der Waals surface area (Å²) in [6.45, 7) is 0.400. The van der Waals surface area contributed by atoms with Gasteiger partial charge in [-0.05, 0) is 23.8 Å². The van der Waals surface area contributed by atoms with Crippen LogP contribution in [0.4, 0.5) is 8.78 Å². The lowest BCUT2D eigenvalue weighted by Crippen LogP contribution is -2.03. The van der Waals surface area contributed by atoms with Crippen molar-refractivity contribution in [1.29, 1.82) is 5.26 Å². The van der Waals surface area contributed by atoms with E-state index in [1.807, 2.05) is 12.1 Å². The molecule has 3 rings (SSSR count). The third kappa shape index (κ3) is 2.72. The van der Waals surface area contributed by atoms with E-state index in [1.54, 1.807) is 29.1 Å². The molecule has 0 atom stereocenters. The highest BCUT2D eigenvalue weighted by Gasteiger charge is 2.11. The third-order valence-electron chi connectivity index (χ3n) is 3.31. The molecule has 22 heavy (non-hydrogen) atoms. The molecule has 5 heteroatoms. The van der Waals surface area contributed by atoms with Crippen LogP contribution in [0.15, 0.2) is 54.9 Å². The first-order valence-electron chi connectivity index (χ1n) is 6.63. The van der Waals surface area contributed by atoms with Crippen molar-refractivity contribution in [2.45, 2.75) is 6.54 Å². The zero-order valence-electron chi connectivity index (χ0n) is 11.5. The molecule has 0 saturated heterocycles. The van der Waals surface area contributed by atoms with Gasteiger partial charge in [0.05, 0.1) is 18.2 Å². The van der Waals surface area contributed by atoms with Crippen LogP contribution >= 0.6 is 0 Å². The first-order valence-corrected chi connectivity index (χ1v) is 6.63. The number of benzene rings is 2. The molecule has 1 heterocycles. The van der Waals surface area contributed by atoms with E-state index in [-0.39, 0.29) is 0 Å². The van der Waals surface area contributed by atoms with Gasteiger partial charge in [-0.3, -0.25) is 0 Å². The first-order chi connectivity index (χ1) is 10.7. The second-order valence-electron chi connectivity index (χ2n) is 4.81. The SMILES string of the molecule is N#Cc1ccccc1Cn1ccnc1-c1cc(F)cc(F)c1. The van der Waals surface area contributed by atoms with Crippen LogP contribution in [0.25, 0.3) is 11.4 Å². The highest BCUT2D eigenvalue weighted by Crippen LogP contribution is 2.21. The molecule has 0 aliphatic rings. The Hall–Kier alpha value is -3.00. The van der Waals surface area contributed by atoms with Gasteiger partial charge < -0.3 is 4.57 Å². The number of rotatable bonds is 3. The van der Waals surface area contributed by atoms with E-state index in [1.165, 1.54) is 12.1 Å². The fourth-order valence-electron chi connectivity index (χ4n) is 2.33. The van der Waals surface area contributed by atoms with Gasteiger partial charge in [0.1, 0.15) is 17.5 Å². The van der Waals surface area contributed by atoms with Crippen molar-refractivity contribution in [2.75, 3.05) is 0 Å². The molecule has 0 aliphatic heterocycles. The number of imidazole rings is 1. The molecule has 0 bridgehead atoms. The van der Waals surface area contributed by atoms with E-state index >= 15 is 0 Å². The van der Waals surface area contributed by atoms with Gasteiger partial charge in [0.15, 0.2) is 0 Å². The number of halogens is 2. The molecule has 0 fully saturated rings. The molecule has 0 N–H and O–H groups in total. The largest absolute Gasteiger partial charge is 0.327 e. The van der Waals surface area contributed by atoms with Crippen molar-refractivity contribution in [2.24, 2.45) is 0 Å². The summed E-state index contributed by atoms with van der Waals surface area (Å²) in [4.78, 5) is 4.17. The van der Waals surface area contributed by atoms with Crippen LogP contribution in [0.3, 0.4) is 0 Å². The van der Waals surface area contributed by atoms with Gasteiger partial charge in [-0.15, -0.1) is 0 Å². The summed E-state index contributed by atoms with van der Waals surface area (Å²) >= 11 is 0. The minimum atomic E-state index is -0.651. The first kappa shape index (κ1) is 14.0. The van der Waals surface area contributed by atoms with E-state index in [0.717, 1.165) is 11.6 Å². The zero-order valence-corrected chi connectivity index (χ0v) is 11.5. The molecular formula is C17H11F2N3. The van der Waals surface area contributed by atoms with Gasteiger partial charge in [0, 0.05) is 24.0 Å². The molecule has 0 aliphatic carbocycles. The zero-order chi connectivity index (χ0) is 15.5. The van der Waals surface area contributed by atoms with Crippen LogP contribution in [-0.4, -0.2) is 9.55 Å². The smallest absolute Gasteiger partial charge is 0.140 e. The Morgan fingerprint density at radius 2 is 1.82 bits per heavy atom. The molecule has 3 nitrogen and oxygen atoms in total. The number of hydrogen-bond acceptors (Lipinski definition) is 2. The fraction of sp³-hybridized carbons (Fsp3) is 0.0588. The molecule has 0 radical (unpaired) electrons. The maximum Gasteiger partial charge on any atom is 0.140 e. The summed E-state index contributed by atoms with van der Waals surface area (Å²) in [7, 11) is 0. The molecule has 1 aromatic heterocycles. The maximum atomic E-state index is 13.4. The van der Waals surface area contributed by atoms with E-state index < -0.39 is 11.6 Å². The van der Waals surface area contributed by atoms with E-state index in [2.05, 4.69) is 11.1 Å². The molecular weight excluding hydrogens is 284 g/mol. The lowest BCUT2D eigenvalue weighted by Gasteiger charge is -2.09. The summed E-state index contributed by atoms with van der Waals surface area (Å²) in [6.07, 6.45) is 3.28. The number of nitrogens with zero attached hydrogens (tertiary/aromatic N) is 3. The van der Waals surface area contributed by atoms with E-state index in [4.69, 9.17) is 5.26 Å². The van der Waals surface area contributed by atoms with Crippen LogP contribution in [-0.2, 0) is 6.54 Å². The van der Waals surface area contributed by atoms with Crippen LogP contribution in [0.1, 0.15) is 11.1 Å². The van der Waals surface area contributed by atoms with Gasteiger partial charge in [0.25, 0.3) is 0 Å². The standard InChI is InChI=1S/C17H11F2N3/c18-15-7-14(8-16(19)9-15)17-21-5-6-22(17)11-13-4-2-1-3-12(13)10-20/h1-9H,11H2. The fourth-order valence-corrected chi connectivity index (χ4v) is 2.33. The van der Waals surface area contributed by atoms with Crippen molar-refractivity contribution >= 4 is 0 Å². The topological polar surface area (TPSA) is 41.6 Å². The second kappa shape index (κ2) is 5.78. The third-order valence-corrected chi connectivity index (χ3v) is 3.31. The molecule has 3 aromatic rings. The van der Waals surface area contributed by atoms with Gasteiger partial charge in [-0.2, -0.15) is 5.26 Å². The summed E-state index contributed by atoms with van der Waals surface area (Å²) in [6, 6.07) is 12.6. The Bertz CT molecular complexity index is 842. The summed E-state index contributed by atoms with van der Waals surface area (Å²) < 4.78 is 28.5. The average molecular weight is 295 g/mol. The molecule has 2 aromatic carbocycles. The van der Waals surface area contributed by atoms with Gasteiger partial charge in [-0.25, -0.2) is 13.8 Å². The summed E-state index contributed by atoms with van der Waals surface area (Å²) in [5, 5.41) is 9.13. The molecule has 0 unspecified atom stereocenters. The Kier molecular flexibility index (Phi) is 3.67. The Morgan fingerprint density at radius 1 is 1.09 bits per heavy atom. The van der Waals surface area contributed by atoms with Crippen molar-refractivity contribution in [3.63, 3.8) is 0 Å². The minimum Gasteiger partial charge on any atom is -0.327 e. The Labute approximate surface area is 126 Å². The summed E-state index contributed by atoms with van der Waals surface area (Å²) in [5.41, 5.74) is 1.74. The second-order valence-corrected chi connectivity index (χ2v) is 4.81. The van der Waals surface area contributed by atoms with E-state index in [9.17, 15) is 8.78 Å². The molecule has 108 valence electrons. The normalized spacial score (nSPS) is 10.4. The molecule has 0 saturated carbocycles. The van der Waals surface area contributed by atoms with Gasteiger partial charge in [-0.1, -0.05) is 18.2 Å². The van der Waals surface area contributed by atoms with Crippen LogP contribution < -0.4 is 0 Å². The number of nitriles is 1. The highest BCUT2D eigenvalue weighted by atomic mass is 19.1. The number of aromatic nitrogens is 2. The van der Waals surface area contributed by atoms with Crippen molar-refractivity contribution in [3.05, 3.63) is 77.6 Å². The average Bonchev–Trinajstić information content (AvgIpc) is 2.95. The Balaban J connectivity index is 2.01. The van der Waals surface area contributed by atoms with Crippen LogP contribution in [0.5, 0.6) is 0 Å². The van der Waals surface area contributed by atoms with Crippen LogP contribution in [0, 0.1) is 23.0 Å². The maximum absolute atomic E-state index is 13.4. The predicted molar refractivity (Wildman–Crippen MR) is 77.8 cm³/mol. The van der Waals surface area contributed by atoms with Crippen molar-refractivity contribution < 1.29 is 8.78 Å². The highest BCUT2D eigenvalue weighted by molar-refractivity contribution is 5.56. The molecule has 0 spiro atoms. The van der Waals surface area contributed by atoms with Gasteiger partial charge in [0.2, 0.25) is 0 Å². The van der Waals surface area contributed by atoms with Crippen molar-refractivity contribution in [1.82, 2.24) is 9.55 Å². The Morgan fingerprint density at radius 3 is 2.55 bits per heavy atom. The van der Waals surface area contributed by atoms with Crippen LogP contribution in [0.2, 0.25) is 0 Å². The lowest BCUT2D eigenvalue weighted by molar-refractivity contribution is 0.583. The monoisotopic (exact) mass is 295 g/mol. The summed E-state index contributed by atoms with van der Waals surface area (Å²) in [5.74, 6) is -0.852. The quantitative estimate of drug-likeness (QED) is 0.738. The number of hydrogen-bond donors (Lipinski definition) is 0. The predicted octanol–water partition coefficient (Wildman–Crippen LogP) is 3.75. The minimum absolute atomic E-state index is 0.358. The molecule has 0 amide bonds.